The van der Waals surface area contributed by atoms with Crippen molar-refractivity contribution in [3.8, 4) is 5.75 Å². The number of aromatic nitrogens is 1. The van der Waals surface area contributed by atoms with Crippen LogP contribution in [0.15, 0.2) is 36.5 Å². The minimum Gasteiger partial charge on any atom is -0.483 e. The monoisotopic (exact) mass is 369 g/mol. The normalized spacial score (nSPS) is 14.9. The molecule has 0 bridgehead atoms. The highest BCUT2D eigenvalue weighted by molar-refractivity contribution is 5.94. The number of hydrogen-bond acceptors (Lipinski definition) is 5. The summed E-state index contributed by atoms with van der Waals surface area (Å²) in [6.07, 6.45) is 3.59. The largest absolute Gasteiger partial charge is 0.483 e. The third kappa shape index (κ3) is 4.77. The van der Waals surface area contributed by atoms with Gasteiger partial charge in [0.1, 0.15) is 5.75 Å². The lowest BCUT2D eigenvalue weighted by Crippen LogP contribution is -2.36. The lowest BCUT2D eigenvalue weighted by molar-refractivity contribution is -0.118. The van der Waals surface area contributed by atoms with Crippen molar-refractivity contribution in [3.63, 3.8) is 0 Å². The van der Waals surface area contributed by atoms with E-state index in [2.05, 4.69) is 15.2 Å². The third-order valence-corrected chi connectivity index (χ3v) is 4.99. The van der Waals surface area contributed by atoms with Gasteiger partial charge in [-0.1, -0.05) is 18.2 Å². The van der Waals surface area contributed by atoms with Gasteiger partial charge in [-0.25, -0.2) is 4.98 Å². The number of piperidine rings is 1. The molecule has 1 amide bonds. The molecule has 0 unspecified atom stereocenters. The standard InChI is InChI=1S/C21H27N3O3/c1-15-5-3-6-16(2)20(15)27-14-19(26)23-18-7-4-10-22-21(18)24-11-8-17(13-25)9-12-24/h3-7,10,17,25H,8-9,11-14H2,1-2H3,(H,23,26). The van der Waals surface area contributed by atoms with Crippen molar-refractivity contribution in [2.24, 2.45) is 5.92 Å². The van der Waals surface area contributed by atoms with E-state index in [1.807, 2.05) is 44.2 Å². The summed E-state index contributed by atoms with van der Waals surface area (Å²) in [6, 6.07) is 9.58. The summed E-state index contributed by atoms with van der Waals surface area (Å²) in [5.74, 6) is 1.67. The highest BCUT2D eigenvalue weighted by Crippen LogP contribution is 2.28. The van der Waals surface area contributed by atoms with Crippen molar-refractivity contribution in [1.82, 2.24) is 4.98 Å². The number of carbonyl (C=O) groups is 1. The first-order valence-electron chi connectivity index (χ1n) is 9.38. The number of hydrogen-bond donors (Lipinski definition) is 2. The SMILES string of the molecule is Cc1cccc(C)c1OCC(=O)Nc1cccnc1N1CCC(CO)CC1. The van der Waals surface area contributed by atoms with Gasteiger partial charge >= 0.3 is 0 Å². The zero-order valence-corrected chi connectivity index (χ0v) is 15.9. The fourth-order valence-electron chi connectivity index (χ4n) is 3.42. The Kier molecular flexibility index (Phi) is 6.29. The molecule has 6 heteroatoms. The fourth-order valence-corrected chi connectivity index (χ4v) is 3.42. The summed E-state index contributed by atoms with van der Waals surface area (Å²) in [5, 5.41) is 12.2. The highest BCUT2D eigenvalue weighted by atomic mass is 16.5. The number of aliphatic hydroxyl groups is 1. The maximum atomic E-state index is 12.4. The second-order valence-corrected chi connectivity index (χ2v) is 7.05. The molecule has 0 aliphatic carbocycles. The first-order chi connectivity index (χ1) is 13.1. The molecular weight excluding hydrogens is 342 g/mol. The Hall–Kier alpha value is -2.60. The van der Waals surface area contributed by atoms with Crippen molar-refractivity contribution in [2.45, 2.75) is 26.7 Å². The molecule has 1 aliphatic rings. The molecule has 0 saturated carbocycles. The molecule has 1 aromatic heterocycles. The van der Waals surface area contributed by atoms with Gasteiger partial charge in [-0.05, 0) is 55.9 Å². The number of benzene rings is 1. The molecule has 6 nitrogen and oxygen atoms in total. The molecule has 0 atom stereocenters. The van der Waals surface area contributed by atoms with Crippen LogP contribution in [-0.4, -0.2) is 42.3 Å². The molecule has 2 heterocycles. The minimum atomic E-state index is -0.211. The van der Waals surface area contributed by atoms with E-state index in [9.17, 15) is 9.90 Å². The highest BCUT2D eigenvalue weighted by Gasteiger charge is 2.22. The maximum Gasteiger partial charge on any atom is 0.262 e. The van der Waals surface area contributed by atoms with Crippen LogP contribution >= 0.6 is 0 Å². The molecule has 144 valence electrons. The fraction of sp³-hybridized carbons (Fsp3) is 0.429. The first kappa shape index (κ1) is 19.2. The Morgan fingerprint density at radius 3 is 2.59 bits per heavy atom. The van der Waals surface area contributed by atoms with Crippen LogP contribution < -0.4 is 15.0 Å². The number of aliphatic hydroxyl groups excluding tert-OH is 1. The average Bonchev–Trinajstić information content (AvgIpc) is 2.68. The molecule has 3 rings (SSSR count). The van der Waals surface area contributed by atoms with Gasteiger partial charge in [0.25, 0.3) is 5.91 Å². The molecule has 1 aromatic carbocycles. The molecule has 0 radical (unpaired) electrons. The quantitative estimate of drug-likeness (QED) is 0.819. The van der Waals surface area contributed by atoms with E-state index in [-0.39, 0.29) is 19.1 Å². The number of pyridine rings is 1. The summed E-state index contributed by atoms with van der Waals surface area (Å²) in [4.78, 5) is 19.0. The summed E-state index contributed by atoms with van der Waals surface area (Å²) in [7, 11) is 0. The smallest absolute Gasteiger partial charge is 0.262 e. The Bertz CT molecular complexity index is 766. The number of nitrogens with zero attached hydrogens (tertiary/aromatic N) is 2. The lowest BCUT2D eigenvalue weighted by Gasteiger charge is -2.33. The Balaban J connectivity index is 1.63. The molecule has 1 fully saturated rings. The van der Waals surface area contributed by atoms with Gasteiger partial charge in [0.2, 0.25) is 0 Å². The number of para-hydroxylation sites is 1. The predicted molar refractivity (Wildman–Crippen MR) is 106 cm³/mol. The summed E-state index contributed by atoms with van der Waals surface area (Å²) >= 11 is 0. The molecule has 1 aliphatic heterocycles. The van der Waals surface area contributed by atoms with E-state index in [1.165, 1.54) is 0 Å². The number of nitrogens with one attached hydrogen (secondary N) is 1. The van der Waals surface area contributed by atoms with Gasteiger partial charge in [0, 0.05) is 25.9 Å². The van der Waals surface area contributed by atoms with Crippen LogP contribution in [0, 0.1) is 19.8 Å². The van der Waals surface area contributed by atoms with Gasteiger partial charge in [0.05, 0.1) is 5.69 Å². The maximum absolute atomic E-state index is 12.4. The topological polar surface area (TPSA) is 74.7 Å². The molecule has 27 heavy (non-hydrogen) atoms. The predicted octanol–water partition coefficient (Wildman–Crippen LogP) is 2.92. The van der Waals surface area contributed by atoms with Crippen LogP contribution in [0.25, 0.3) is 0 Å². The third-order valence-electron chi connectivity index (χ3n) is 4.99. The van der Waals surface area contributed by atoms with Crippen molar-refractivity contribution >= 4 is 17.4 Å². The second-order valence-electron chi connectivity index (χ2n) is 7.05. The Morgan fingerprint density at radius 2 is 1.93 bits per heavy atom. The molecule has 2 aromatic rings. The molecular formula is C21H27N3O3. The van der Waals surface area contributed by atoms with Gasteiger partial charge < -0.3 is 20.1 Å². The molecule has 2 N–H and O–H groups in total. The van der Waals surface area contributed by atoms with Crippen LogP contribution in [0.1, 0.15) is 24.0 Å². The number of rotatable bonds is 6. The zero-order valence-electron chi connectivity index (χ0n) is 15.9. The van der Waals surface area contributed by atoms with Crippen LogP contribution in [0.3, 0.4) is 0 Å². The van der Waals surface area contributed by atoms with E-state index in [4.69, 9.17) is 4.74 Å². The molecule has 1 saturated heterocycles. The molecule has 0 spiro atoms. The van der Waals surface area contributed by atoms with E-state index >= 15 is 0 Å². The van der Waals surface area contributed by atoms with Gasteiger partial charge in [-0.15, -0.1) is 0 Å². The summed E-state index contributed by atoms with van der Waals surface area (Å²) < 4.78 is 5.74. The number of anilines is 2. The van der Waals surface area contributed by atoms with Crippen LogP contribution in [-0.2, 0) is 4.79 Å². The number of carbonyl (C=O) groups excluding carboxylic acids is 1. The van der Waals surface area contributed by atoms with Crippen LogP contribution in [0.5, 0.6) is 5.75 Å². The lowest BCUT2D eigenvalue weighted by atomic mass is 9.98. The van der Waals surface area contributed by atoms with Crippen molar-refractivity contribution in [3.05, 3.63) is 47.7 Å². The Labute approximate surface area is 160 Å². The van der Waals surface area contributed by atoms with Crippen LogP contribution in [0.4, 0.5) is 11.5 Å². The van der Waals surface area contributed by atoms with Crippen LogP contribution in [0.2, 0.25) is 0 Å². The van der Waals surface area contributed by atoms with E-state index in [0.717, 1.165) is 48.6 Å². The van der Waals surface area contributed by atoms with E-state index in [1.54, 1.807) is 6.20 Å². The first-order valence-corrected chi connectivity index (χ1v) is 9.38. The number of amides is 1. The summed E-state index contributed by atoms with van der Waals surface area (Å²) in [6.45, 7) is 5.76. The van der Waals surface area contributed by atoms with Crippen molar-refractivity contribution < 1.29 is 14.6 Å². The van der Waals surface area contributed by atoms with E-state index < -0.39 is 0 Å². The minimum absolute atomic E-state index is 0.0490. The van der Waals surface area contributed by atoms with Crippen molar-refractivity contribution in [1.29, 1.82) is 0 Å². The summed E-state index contributed by atoms with van der Waals surface area (Å²) in [5.41, 5.74) is 2.71. The van der Waals surface area contributed by atoms with E-state index in [0.29, 0.717) is 11.6 Å². The van der Waals surface area contributed by atoms with Gasteiger partial charge in [-0.2, -0.15) is 0 Å². The van der Waals surface area contributed by atoms with Gasteiger partial charge in [-0.3, -0.25) is 4.79 Å². The van der Waals surface area contributed by atoms with Gasteiger partial charge in [0.15, 0.2) is 12.4 Å². The number of ether oxygens (including phenoxy) is 1. The number of aryl methyl sites for hydroxylation is 2. The second kappa shape index (κ2) is 8.86. The zero-order chi connectivity index (χ0) is 19.2. The van der Waals surface area contributed by atoms with Crippen molar-refractivity contribution in [2.75, 3.05) is 36.5 Å². The Morgan fingerprint density at radius 1 is 1.22 bits per heavy atom. The average molecular weight is 369 g/mol.